The van der Waals surface area contributed by atoms with Gasteiger partial charge in [-0.3, -0.25) is 4.98 Å². The second-order valence-corrected chi connectivity index (χ2v) is 8.80. The minimum Gasteiger partial charge on any atom is -0.377 e. The van der Waals surface area contributed by atoms with Gasteiger partial charge in [0.15, 0.2) is 0 Å². The van der Waals surface area contributed by atoms with E-state index in [0.717, 1.165) is 23.9 Å². The minimum atomic E-state index is -2.45. The SMILES string of the molecule is CO[Si](C[C@@H](C)SCCc1ccccn1)(OC)OC. The Morgan fingerprint density at radius 2 is 1.89 bits per heavy atom. The molecule has 0 aliphatic carbocycles. The molecule has 4 nitrogen and oxygen atoms in total. The number of hydrogen-bond acceptors (Lipinski definition) is 5. The van der Waals surface area contributed by atoms with Crippen LogP contribution in [0.1, 0.15) is 12.6 Å². The van der Waals surface area contributed by atoms with E-state index in [4.69, 9.17) is 13.3 Å². The molecule has 0 amide bonds. The lowest BCUT2D eigenvalue weighted by Crippen LogP contribution is -2.44. The molecule has 0 fully saturated rings. The second kappa shape index (κ2) is 8.71. The van der Waals surface area contributed by atoms with Crippen LogP contribution in [0, 0.1) is 0 Å². The quantitative estimate of drug-likeness (QED) is 0.656. The fourth-order valence-electron chi connectivity index (χ4n) is 1.82. The number of rotatable bonds is 9. The molecule has 0 unspecified atom stereocenters. The van der Waals surface area contributed by atoms with Crippen molar-refractivity contribution in [1.82, 2.24) is 4.98 Å². The van der Waals surface area contributed by atoms with Crippen molar-refractivity contribution >= 4 is 20.6 Å². The van der Waals surface area contributed by atoms with Crippen LogP contribution in [-0.2, 0) is 19.7 Å². The summed E-state index contributed by atoms with van der Waals surface area (Å²) in [6, 6.07) is 6.84. The van der Waals surface area contributed by atoms with Crippen LogP contribution < -0.4 is 0 Å². The van der Waals surface area contributed by atoms with Gasteiger partial charge in [0.2, 0.25) is 0 Å². The molecular formula is C13H23NO3SSi. The summed E-state index contributed by atoms with van der Waals surface area (Å²) in [5.41, 5.74) is 1.14. The van der Waals surface area contributed by atoms with Gasteiger partial charge in [-0.25, -0.2) is 0 Å². The Balaban J connectivity index is 2.33. The number of nitrogens with zero attached hydrogens (tertiary/aromatic N) is 1. The summed E-state index contributed by atoms with van der Waals surface area (Å²) in [7, 11) is 2.53. The maximum Gasteiger partial charge on any atom is 0.501 e. The van der Waals surface area contributed by atoms with Gasteiger partial charge in [-0.15, -0.1) is 0 Å². The molecule has 1 heterocycles. The number of thioether (sulfide) groups is 1. The first-order valence-electron chi connectivity index (χ1n) is 6.32. The van der Waals surface area contributed by atoms with E-state index in [1.807, 2.05) is 30.1 Å². The van der Waals surface area contributed by atoms with E-state index >= 15 is 0 Å². The van der Waals surface area contributed by atoms with Crippen molar-refractivity contribution in [2.24, 2.45) is 0 Å². The molecule has 0 spiro atoms. The van der Waals surface area contributed by atoms with Crippen molar-refractivity contribution in [3.05, 3.63) is 30.1 Å². The molecule has 0 aliphatic rings. The van der Waals surface area contributed by atoms with Gasteiger partial charge >= 0.3 is 8.80 Å². The Hall–Kier alpha value is -0.403. The molecular weight excluding hydrogens is 278 g/mol. The molecule has 0 radical (unpaired) electrons. The molecule has 1 atom stereocenters. The molecule has 6 heteroatoms. The van der Waals surface area contributed by atoms with Gasteiger partial charge in [-0.05, 0) is 24.3 Å². The van der Waals surface area contributed by atoms with Crippen molar-refractivity contribution < 1.29 is 13.3 Å². The van der Waals surface area contributed by atoms with E-state index < -0.39 is 8.80 Å². The highest BCUT2D eigenvalue weighted by Crippen LogP contribution is 2.24. The van der Waals surface area contributed by atoms with Crippen LogP contribution in [0.4, 0.5) is 0 Å². The van der Waals surface area contributed by atoms with Crippen LogP contribution >= 0.6 is 11.8 Å². The van der Waals surface area contributed by atoms with Crippen LogP contribution in [-0.4, -0.2) is 46.1 Å². The van der Waals surface area contributed by atoms with Gasteiger partial charge < -0.3 is 13.3 Å². The van der Waals surface area contributed by atoms with E-state index in [2.05, 4.69) is 18.0 Å². The molecule has 0 saturated carbocycles. The van der Waals surface area contributed by atoms with E-state index in [1.54, 1.807) is 21.3 Å². The predicted molar refractivity (Wildman–Crippen MR) is 81.4 cm³/mol. The Morgan fingerprint density at radius 1 is 1.21 bits per heavy atom. The molecule has 0 aromatic carbocycles. The highest BCUT2D eigenvalue weighted by molar-refractivity contribution is 7.99. The maximum atomic E-state index is 5.44. The average molecular weight is 301 g/mol. The van der Waals surface area contributed by atoms with E-state index in [1.165, 1.54) is 0 Å². The zero-order valence-electron chi connectivity index (χ0n) is 12.1. The zero-order valence-corrected chi connectivity index (χ0v) is 13.9. The fourth-order valence-corrected chi connectivity index (χ4v) is 5.34. The first kappa shape index (κ1) is 16.7. The molecule has 0 N–H and O–H groups in total. The summed E-state index contributed by atoms with van der Waals surface area (Å²) < 4.78 is 16.3. The molecule has 0 aliphatic heterocycles. The number of hydrogen-bond donors (Lipinski definition) is 0. The van der Waals surface area contributed by atoms with Crippen LogP contribution in [0.3, 0.4) is 0 Å². The van der Waals surface area contributed by atoms with Gasteiger partial charge in [-0.1, -0.05) is 13.0 Å². The van der Waals surface area contributed by atoms with Crippen molar-refractivity contribution in [2.45, 2.75) is 24.6 Å². The maximum absolute atomic E-state index is 5.44. The molecule has 0 saturated heterocycles. The van der Waals surface area contributed by atoms with E-state index in [0.29, 0.717) is 5.25 Å². The average Bonchev–Trinajstić information content (AvgIpc) is 2.46. The summed E-state index contributed by atoms with van der Waals surface area (Å²) in [6.45, 7) is 2.18. The largest absolute Gasteiger partial charge is 0.501 e. The summed E-state index contributed by atoms with van der Waals surface area (Å²) in [6.07, 6.45) is 2.82. The van der Waals surface area contributed by atoms with Gasteiger partial charge in [-0.2, -0.15) is 11.8 Å². The van der Waals surface area contributed by atoms with Crippen molar-refractivity contribution in [2.75, 3.05) is 27.1 Å². The topological polar surface area (TPSA) is 40.6 Å². The van der Waals surface area contributed by atoms with Crippen LogP contribution in [0.5, 0.6) is 0 Å². The second-order valence-electron chi connectivity index (χ2n) is 4.25. The summed E-state index contributed by atoms with van der Waals surface area (Å²) in [4.78, 5) is 4.32. The van der Waals surface area contributed by atoms with E-state index in [-0.39, 0.29) is 0 Å². The number of pyridine rings is 1. The third-order valence-corrected chi connectivity index (χ3v) is 7.41. The summed E-state index contributed by atoms with van der Waals surface area (Å²) in [5, 5.41) is 0.440. The lowest BCUT2D eigenvalue weighted by Gasteiger charge is -2.26. The van der Waals surface area contributed by atoms with Gasteiger partial charge in [0.05, 0.1) is 0 Å². The Kier molecular flexibility index (Phi) is 7.63. The third kappa shape index (κ3) is 5.62. The lowest BCUT2D eigenvalue weighted by atomic mass is 10.3. The smallest absolute Gasteiger partial charge is 0.377 e. The Morgan fingerprint density at radius 3 is 2.42 bits per heavy atom. The van der Waals surface area contributed by atoms with Crippen LogP contribution in [0.2, 0.25) is 6.04 Å². The van der Waals surface area contributed by atoms with Crippen LogP contribution in [0.25, 0.3) is 0 Å². The van der Waals surface area contributed by atoms with Crippen LogP contribution in [0.15, 0.2) is 24.4 Å². The standard InChI is InChI=1S/C13H23NO3SSi/c1-12(11-19(15-2,16-3)17-4)18-10-8-13-7-5-6-9-14-13/h5-7,9,12H,8,10-11H2,1-4H3/t12-/m1/s1. The van der Waals surface area contributed by atoms with Crippen molar-refractivity contribution in [3.8, 4) is 0 Å². The molecule has 19 heavy (non-hydrogen) atoms. The normalized spacial score (nSPS) is 13.5. The van der Waals surface area contributed by atoms with Crippen molar-refractivity contribution in [1.29, 1.82) is 0 Å². The number of aromatic nitrogens is 1. The van der Waals surface area contributed by atoms with E-state index in [9.17, 15) is 0 Å². The summed E-state index contributed by atoms with van der Waals surface area (Å²) >= 11 is 1.90. The van der Waals surface area contributed by atoms with Gasteiger partial charge in [0.1, 0.15) is 0 Å². The first-order valence-corrected chi connectivity index (χ1v) is 9.31. The highest BCUT2D eigenvalue weighted by Gasteiger charge is 2.39. The van der Waals surface area contributed by atoms with Gasteiger partial charge in [0.25, 0.3) is 0 Å². The first-order chi connectivity index (χ1) is 9.15. The Labute approximate surface area is 121 Å². The number of aryl methyl sites for hydroxylation is 1. The monoisotopic (exact) mass is 301 g/mol. The highest BCUT2D eigenvalue weighted by atomic mass is 32.2. The third-order valence-electron chi connectivity index (χ3n) is 2.96. The lowest BCUT2D eigenvalue weighted by molar-refractivity contribution is 0.124. The molecule has 0 bridgehead atoms. The predicted octanol–water partition coefficient (Wildman–Crippen LogP) is 2.62. The molecule has 108 valence electrons. The Bertz CT molecular complexity index is 341. The fraction of sp³-hybridized carbons (Fsp3) is 0.615. The molecule has 1 aromatic heterocycles. The summed E-state index contributed by atoms with van der Waals surface area (Å²) in [5.74, 6) is 1.04. The minimum absolute atomic E-state index is 0.440. The van der Waals surface area contributed by atoms with Crippen molar-refractivity contribution in [3.63, 3.8) is 0 Å². The van der Waals surface area contributed by atoms with Gasteiger partial charge in [0, 0.05) is 44.5 Å². The molecule has 1 aromatic rings. The zero-order chi connectivity index (χ0) is 14.1. The molecule has 1 rings (SSSR count).